The first kappa shape index (κ1) is 22.8. The third-order valence-electron chi connectivity index (χ3n) is 7.49. The van der Waals surface area contributed by atoms with Crippen molar-refractivity contribution in [3.8, 4) is 11.5 Å². The van der Waals surface area contributed by atoms with Crippen molar-refractivity contribution in [2.75, 3.05) is 12.1 Å². The standard InChI is InChI=1S/C25H23ClN4O6/c1-11-6-13-21(14(26)7-11)28-24(34)25(13)20-19(15(29-25)3-5-18(27)31)22(32)30(23(20)33)9-12-2-4-16-17(8-12)36-10-35-16/h2,4,6-8,15,19-20,29H,3,5,9-10H2,1H3,(H2,27,31)(H,28,34)/t15-,19-,20-,25-/m1/s1. The molecule has 4 heterocycles. The molecule has 2 aromatic carbocycles. The molecule has 186 valence electrons. The van der Waals surface area contributed by atoms with Crippen LogP contribution in [0.5, 0.6) is 11.5 Å². The van der Waals surface area contributed by atoms with Gasteiger partial charge in [0.2, 0.25) is 30.4 Å². The Balaban J connectivity index is 1.42. The Bertz CT molecular complexity index is 1360. The number of likely N-dealkylation sites (tertiary alicyclic amines) is 1. The second-order valence-corrected chi connectivity index (χ2v) is 10.0. The Hall–Kier alpha value is -3.63. The van der Waals surface area contributed by atoms with Crippen molar-refractivity contribution in [3.63, 3.8) is 0 Å². The number of ether oxygens (including phenoxy) is 2. The zero-order valence-electron chi connectivity index (χ0n) is 19.3. The van der Waals surface area contributed by atoms with E-state index in [9.17, 15) is 19.2 Å². The van der Waals surface area contributed by atoms with Gasteiger partial charge in [0.25, 0.3) is 0 Å². The molecule has 36 heavy (non-hydrogen) atoms. The monoisotopic (exact) mass is 510 g/mol. The first-order valence-corrected chi connectivity index (χ1v) is 12.0. The fraction of sp³-hybridized carbons (Fsp3) is 0.360. The van der Waals surface area contributed by atoms with E-state index in [1.807, 2.05) is 6.92 Å². The summed E-state index contributed by atoms with van der Waals surface area (Å²) in [6.07, 6.45) is 0.209. The third-order valence-corrected chi connectivity index (χ3v) is 7.79. The number of anilines is 1. The molecular weight excluding hydrogens is 488 g/mol. The Labute approximate surface area is 211 Å². The molecule has 2 aromatic rings. The second kappa shape index (κ2) is 7.94. The highest BCUT2D eigenvalue weighted by atomic mass is 35.5. The highest BCUT2D eigenvalue weighted by Crippen LogP contribution is 2.55. The maximum absolute atomic E-state index is 13.9. The van der Waals surface area contributed by atoms with E-state index < -0.39 is 47.0 Å². The van der Waals surface area contributed by atoms with Crippen molar-refractivity contribution in [1.29, 1.82) is 0 Å². The topological polar surface area (TPSA) is 140 Å². The van der Waals surface area contributed by atoms with Crippen LogP contribution in [0.15, 0.2) is 30.3 Å². The number of fused-ring (bicyclic) bond motifs is 5. The zero-order chi connectivity index (χ0) is 25.4. The molecule has 4 aliphatic heterocycles. The quantitative estimate of drug-likeness (QED) is 0.518. The molecule has 6 rings (SSSR count). The molecule has 4 atom stereocenters. The predicted octanol–water partition coefficient (Wildman–Crippen LogP) is 1.56. The number of carbonyl (C=O) groups is 4. The lowest BCUT2D eigenvalue weighted by molar-refractivity contribution is -0.143. The molecule has 11 heteroatoms. The van der Waals surface area contributed by atoms with Crippen LogP contribution >= 0.6 is 11.6 Å². The maximum atomic E-state index is 13.9. The number of amides is 4. The Kier molecular flexibility index (Phi) is 5.03. The van der Waals surface area contributed by atoms with Crippen LogP contribution in [-0.2, 0) is 31.3 Å². The molecule has 0 aliphatic carbocycles. The van der Waals surface area contributed by atoms with Gasteiger partial charge in [-0.1, -0.05) is 23.7 Å². The number of imide groups is 1. The van der Waals surface area contributed by atoms with E-state index in [-0.39, 0.29) is 26.2 Å². The van der Waals surface area contributed by atoms with E-state index in [0.29, 0.717) is 33.3 Å². The average Bonchev–Trinajstić information content (AvgIpc) is 3.55. The van der Waals surface area contributed by atoms with Crippen LogP contribution in [0.1, 0.15) is 29.5 Å². The van der Waals surface area contributed by atoms with Gasteiger partial charge in [0, 0.05) is 18.0 Å². The van der Waals surface area contributed by atoms with Gasteiger partial charge in [-0.15, -0.1) is 0 Å². The number of nitrogens with one attached hydrogen (secondary N) is 2. The van der Waals surface area contributed by atoms with E-state index in [1.54, 1.807) is 30.3 Å². The number of primary amides is 1. The van der Waals surface area contributed by atoms with Crippen molar-refractivity contribution >= 4 is 40.9 Å². The van der Waals surface area contributed by atoms with Crippen LogP contribution in [0.3, 0.4) is 0 Å². The summed E-state index contributed by atoms with van der Waals surface area (Å²) >= 11 is 6.44. The van der Waals surface area contributed by atoms with Gasteiger partial charge < -0.3 is 20.5 Å². The molecule has 4 N–H and O–H groups in total. The number of aryl methyl sites for hydroxylation is 1. The first-order valence-electron chi connectivity index (χ1n) is 11.6. The highest BCUT2D eigenvalue weighted by molar-refractivity contribution is 6.35. The van der Waals surface area contributed by atoms with Gasteiger partial charge in [-0.2, -0.15) is 0 Å². The molecule has 0 unspecified atom stereocenters. The van der Waals surface area contributed by atoms with Crippen LogP contribution in [0.2, 0.25) is 5.02 Å². The number of benzene rings is 2. The van der Waals surface area contributed by atoms with Crippen molar-refractivity contribution in [3.05, 3.63) is 52.0 Å². The number of nitrogens with two attached hydrogens (primary N) is 1. The number of carbonyl (C=O) groups excluding carboxylic acids is 4. The second-order valence-electron chi connectivity index (χ2n) is 9.64. The van der Waals surface area contributed by atoms with Gasteiger partial charge in [0.05, 0.1) is 29.1 Å². The van der Waals surface area contributed by atoms with E-state index in [4.69, 9.17) is 26.8 Å². The van der Waals surface area contributed by atoms with E-state index in [1.165, 1.54) is 4.90 Å². The number of nitrogens with zero attached hydrogens (tertiary/aromatic N) is 1. The third kappa shape index (κ3) is 3.14. The molecule has 2 fully saturated rings. The maximum Gasteiger partial charge on any atom is 0.250 e. The lowest BCUT2D eigenvalue weighted by Crippen LogP contribution is -2.53. The van der Waals surface area contributed by atoms with Crippen molar-refractivity contribution in [2.45, 2.75) is 37.9 Å². The summed E-state index contributed by atoms with van der Waals surface area (Å²) in [6, 6.07) is 8.14. The van der Waals surface area contributed by atoms with E-state index >= 15 is 0 Å². The molecule has 4 aliphatic rings. The number of hydrogen-bond donors (Lipinski definition) is 3. The van der Waals surface area contributed by atoms with Crippen molar-refractivity contribution < 1.29 is 28.7 Å². The van der Waals surface area contributed by atoms with Crippen LogP contribution in [0.4, 0.5) is 5.69 Å². The SMILES string of the molecule is Cc1cc(Cl)c2c(c1)[C@]1(N[C@H](CCC(N)=O)[C@H]3C(=O)N(Cc4ccc5c(c4)OCO5)C(=O)[C@@H]31)C(=O)N2. The first-order chi connectivity index (χ1) is 17.2. The minimum Gasteiger partial charge on any atom is -0.454 e. The van der Waals surface area contributed by atoms with Crippen molar-refractivity contribution in [2.24, 2.45) is 17.6 Å². The Morgan fingerprint density at radius 2 is 1.94 bits per heavy atom. The van der Waals surface area contributed by atoms with Gasteiger partial charge in [-0.3, -0.25) is 29.4 Å². The van der Waals surface area contributed by atoms with Gasteiger partial charge in [-0.05, 0) is 42.7 Å². The molecule has 0 radical (unpaired) electrons. The Morgan fingerprint density at radius 3 is 2.72 bits per heavy atom. The van der Waals surface area contributed by atoms with Gasteiger partial charge in [-0.25, -0.2) is 0 Å². The summed E-state index contributed by atoms with van der Waals surface area (Å²) < 4.78 is 10.8. The summed E-state index contributed by atoms with van der Waals surface area (Å²) in [5.74, 6) is -2.56. The molecule has 0 aromatic heterocycles. The lowest BCUT2D eigenvalue weighted by atomic mass is 9.76. The van der Waals surface area contributed by atoms with Gasteiger partial charge in [0.15, 0.2) is 11.5 Å². The van der Waals surface area contributed by atoms with Crippen molar-refractivity contribution in [1.82, 2.24) is 10.2 Å². The van der Waals surface area contributed by atoms with Crippen LogP contribution in [0, 0.1) is 18.8 Å². The Morgan fingerprint density at radius 1 is 1.17 bits per heavy atom. The molecule has 1 spiro atoms. The average molecular weight is 511 g/mol. The molecular formula is C25H23ClN4O6. The summed E-state index contributed by atoms with van der Waals surface area (Å²) in [5, 5.41) is 6.44. The van der Waals surface area contributed by atoms with Gasteiger partial charge in [0.1, 0.15) is 5.54 Å². The summed E-state index contributed by atoms with van der Waals surface area (Å²) in [5.41, 5.74) is 6.34. The molecule has 0 saturated carbocycles. The minimum atomic E-state index is -1.49. The summed E-state index contributed by atoms with van der Waals surface area (Å²) in [6.45, 7) is 1.97. The number of halogens is 1. The van der Waals surface area contributed by atoms with Gasteiger partial charge >= 0.3 is 0 Å². The predicted molar refractivity (Wildman–Crippen MR) is 127 cm³/mol. The molecule has 0 bridgehead atoms. The normalized spacial score (nSPS) is 27.6. The lowest BCUT2D eigenvalue weighted by Gasteiger charge is -2.29. The molecule has 10 nitrogen and oxygen atoms in total. The van der Waals surface area contributed by atoms with E-state index in [0.717, 1.165) is 5.56 Å². The number of hydrogen-bond acceptors (Lipinski definition) is 7. The number of rotatable bonds is 5. The summed E-state index contributed by atoms with van der Waals surface area (Å²) in [7, 11) is 0. The smallest absolute Gasteiger partial charge is 0.250 e. The minimum absolute atomic E-state index is 0.00362. The van der Waals surface area contributed by atoms with Crippen LogP contribution in [0.25, 0.3) is 0 Å². The van der Waals surface area contributed by atoms with Crippen LogP contribution in [-0.4, -0.2) is 41.4 Å². The van der Waals surface area contributed by atoms with Crippen LogP contribution < -0.4 is 25.8 Å². The largest absolute Gasteiger partial charge is 0.454 e. The molecule has 4 amide bonds. The summed E-state index contributed by atoms with van der Waals surface area (Å²) in [4.78, 5) is 53.9. The van der Waals surface area contributed by atoms with E-state index in [2.05, 4.69) is 10.6 Å². The highest BCUT2D eigenvalue weighted by Gasteiger charge is 2.70. The fourth-order valence-electron chi connectivity index (χ4n) is 5.98. The molecule has 2 saturated heterocycles. The fourth-order valence-corrected chi connectivity index (χ4v) is 6.30. The zero-order valence-corrected chi connectivity index (χ0v) is 20.1.